The topological polar surface area (TPSA) is 21.6 Å². The maximum Gasteiger partial charge on any atom is 0.190 e. The molecule has 0 radical (unpaired) electrons. The second kappa shape index (κ2) is 3.52. The highest BCUT2D eigenvalue weighted by atomic mass is 16.5. The van der Waals surface area contributed by atoms with Gasteiger partial charge in [0.15, 0.2) is 5.90 Å². The molecule has 2 nitrogen and oxygen atoms in total. The van der Waals surface area contributed by atoms with Crippen LogP contribution in [0.3, 0.4) is 0 Å². The summed E-state index contributed by atoms with van der Waals surface area (Å²) in [7, 11) is 0. The average Bonchev–Trinajstić information content (AvgIpc) is 2.75. The molecule has 2 atom stereocenters. The Hall–Kier alpha value is -0.790. The van der Waals surface area contributed by atoms with Crippen LogP contribution < -0.4 is 0 Å². The maximum atomic E-state index is 5.61. The summed E-state index contributed by atoms with van der Waals surface area (Å²) < 4.78 is 5.61. The molecular weight excluding hydrogens is 162 g/mol. The lowest BCUT2D eigenvalue weighted by Crippen LogP contribution is -2.13. The van der Waals surface area contributed by atoms with Crippen molar-refractivity contribution in [2.24, 2.45) is 16.8 Å². The van der Waals surface area contributed by atoms with Gasteiger partial charge in [0.1, 0.15) is 6.61 Å². The van der Waals surface area contributed by atoms with Gasteiger partial charge in [0, 0.05) is 0 Å². The fourth-order valence-corrected chi connectivity index (χ4v) is 1.79. The minimum atomic E-state index is 0.393. The van der Waals surface area contributed by atoms with Gasteiger partial charge >= 0.3 is 0 Å². The Labute approximate surface area is 79.7 Å². The Morgan fingerprint density at radius 1 is 1.54 bits per heavy atom. The van der Waals surface area contributed by atoms with Crippen molar-refractivity contribution >= 4 is 5.90 Å². The monoisotopic (exact) mass is 179 g/mol. The van der Waals surface area contributed by atoms with E-state index in [0.29, 0.717) is 17.9 Å². The molecule has 0 saturated carbocycles. The lowest BCUT2D eigenvalue weighted by Gasteiger charge is -2.06. The minimum absolute atomic E-state index is 0.393. The Morgan fingerprint density at radius 2 is 2.38 bits per heavy atom. The van der Waals surface area contributed by atoms with Crippen LogP contribution in [0.5, 0.6) is 0 Å². The Morgan fingerprint density at radius 3 is 2.92 bits per heavy atom. The number of allylic oxidation sites excluding steroid dienone is 1. The van der Waals surface area contributed by atoms with Crippen LogP contribution in [0, 0.1) is 11.8 Å². The van der Waals surface area contributed by atoms with E-state index in [1.165, 1.54) is 12.8 Å². The van der Waals surface area contributed by atoms with Crippen LogP contribution >= 0.6 is 0 Å². The number of ether oxygens (including phenoxy) is 1. The van der Waals surface area contributed by atoms with E-state index in [-0.39, 0.29) is 0 Å². The van der Waals surface area contributed by atoms with Gasteiger partial charge in [-0.1, -0.05) is 26.0 Å². The van der Waals surface area contributed by atoms with Crippen LogP contribution in [0.1, 0.15) is 26.7 Å². The Kier molecular flexibility index (Phi) is 2.38. The van der Waals surface area contributed by atoms with Gasteiger partial charge in [-0.3, -0.25) is 0 Å². The average molecular weight is 179 g/mol. The van der Waals surface area contributed by atoms with E-state index in [2.05, 4.69) is 31.0 Å². The molecule has 1 unspecified atom stereocenters. The first kappa shape index (κ1) is 8.79. The number of aliphatic imine (C=N–C) groups is 1. The SMILES string of the molecule is CC(C)[C@@H]1COC(C2C=CCC2)=N1. The quantitative estimate of drug-likeness (QED) is 0.596. The third-order valence-electron chi connectivity index (χ3n) is 2.79. The van der Waals surface area contributed by atoms with E-state index in [9.17, 15) is 0 Å². The zero-order valence-corrected chi connectivity index (χ0v) is 8.36. The summed E-state index contributed by atoms with van der Waals surface area (Å²) in [6, 6.07) is 0.393. The molecule has 0 bridgehead atoms. The summed E-state index contributed by atoms with van der Waals surface area (Å²) in [5.74, 6) is 2.05. The highest BCUT2D eigenvalue weighted by Gasteiger charge is 2.26. The molecule has 2 rings (SSSR count). The summed E-state index contributed by atoms with van der Waals surface area (Å²) in [4.78, 5) is 4.61. The zero-order chi connectivity index (χ0) is 9.26. The molecule has 0 spiro atoms. The first-order valence-electron chi connectivity index (χ1n) is 5.14. The normalized spacial score (nSPS) is 32.4. The van der Waals surface area contributed by atoms with E-state index in [0.717, 1.165) is 12.5 Å². The van der Waals surface area contributed by atoms with Crippen LogP contribution in [-0.2, 0) is 4.74 Å². The number of rotatable bonds is 2. The molecule has 0 aromatic rings. The van der Waals surface area contributed by atoms with Gasteiger partial charge in [0.25, 0.3) is 0 Å². The molecule has 0 fully saturated rings. The molecule has 1 aliphatic carbocycles. The van der Waals surface area contributed by atoms with Crippen molar-refractivity contribution in [3.05, 3.63) is 12.2 Å². The Balaban J connectivity index is 2.01. The molecule has 1 heterocycles. The highest BCUT2D eigenvalue weighted by Crippen LogP contribution is 2.24. The van der Waals surface area contributed by atoms with Crippen LogP contribution in [0.2, 0.25) is 0 Å². The fourth-order valence-electron chi connectivity index (χ4n) is 1.79. The van der Waals surface area contributed by atoms with E-state index < -0.39 is 0 Å². The summed E-state index contributed by atoms with van der Waals surface area (Å²) in [5, 5.41) is 0. The van der Waals surface area contributed by atoms with Gasteiger partial charge in [0.2, 0.25) is 0 Å². The molecule has 0 amide bonds. The number of hydrogen-bond donors (Lipinski definition) is 0. The van der Waals surface area contributed by atoms with E-state index >= 15 is 0 Å². The summed E-state index contributed by atoms with van der Waals surface area (Å²) in [6.07, 6.45) is 6.81. The highest BCUT2D eigenvalue weighted by molar-refractivity contribution is 5.82. The number of hydrogen-bond acceptors (Lipinski definition) is 2. The fraction of sp³-hybridized carbons (Fsp3) is 0.727. The number of nitrogens with zero attached hydrogens (tertiary/aromatic N) is 1. The van der Waals surface area contributed by atoms with Gasteiger partial charge < -0.3 is 4.74 Å². The van der Waals surface area contributed by atoms with E-state index in [4.69, 9.17) is 4.74 Å². The Bertz CT molecular complexity index is 242. The van der Waals surface area contributed by atoms with Crippen molar-refractivity contribution in [1.82, 2.24) is 0 Å². The molecule has 2 aliphatic rings. The van der Waals surface area contributed by atoms with Crippen molar-refractivity contribution in [3.63, 3.8) is 0 Å². The molecular formula is C11H17NO. The lowest BCUT2D eigenvalue weighted by molar-refractivity contribution is 0.280. The van der Waals surface area contributed by atoms with Crippen LogP contribution in [-0.4, -0.2) is 18.5 Å². The molecule has 0 saturated heterocycles. The second-order valence-electron chi connectivity index (χ2n) is 4.20. The van der Waals surface area contributed by atoms with Gasteiger partial charge in [-0.25, -0.2) is 4.99 Å². The zero-order valence-electron chi connectivity index (χ0n) is 8.36. The minimum Gasteiger partial charge on any atom is -0.478 e. The van der Waals surface area contributed by atoms with Gasteiger partial charge in [0.05, 0.1) is 12.0 Å². The van der Waals surface area contributed by atoms with E-state index in [1.54, 1.807) is 0 Å². The molecule has 1 aliphatic heterocycles. The van der Waals surface area contributed by atoms with Crippen molar-refractivity contribution in [2.45, 2.75) is 32.7 Å². The van der Waals surface area contributed by atoms with Gasteiger partial charge in [-0.05, 0) is 18.8 Å². The van der Waals surface area contributed by atoms with Crippen molar-refractivity contribution in [3.8, 4) is 0 Å². The predicted octanol–water partition coefficient (Wildman–Crippen LogP) is 2.41. The standard InChI is InChI=1S/C11H17NO/c1-8(2)10-7-13-11(12-10)9-5-3-4-6-9/h3,5,8-10H,4,6-7H2,1-2H3/t9?,10-/m0/s1. The summed E-state index contributed by atoms with van der Waals surface area (Å²) in [6.45, 7) is 5.19. The predicted molar refractivity (Wildman–Crippen MR) is 53.9 cm³/mol. The van der Waals surface area contributed by atoms with E-state index in [1.807, 2.05) is 0 Å². The first-order valence-corrected chi connectivity index (χ1v) is 5.14. The lowest BCUT2D eigenvalue weighted by atomic mass is 10.1. The molecule has 0 aromatic heterocycles. The van der Waals surface area contributed by atoms with Crippen LogP contribution in [0.25, 0.3) is 0 Å². The van der Waals surface area contributed by atoms with Crippen molar-refractivity contribution in [2.75, 3.05) is 6.61 Å². The summed E-state index contributed by atoms with van der Waals surface area (Å²) >= 11 is 0. The maximum absolute atomic E-state index is 5.61. The largest absolute Gasteiger partial charge is 0.478 e. The second-order valence-corrected chi connectivity index (χ2v) is 4.20. The van der Waals surface area contributed by atoms with Gasteiger partial charge in [-0.15, -0.1) is 0 Å². The van der Waals surface area contributed by atoms with Gasteiger partial charge in [-0.2, -0.15) is 0 Å². The first-order chi connectivity index (χ1) is 6.27. The van der Waals surface area contributed by atoms with Crippen molar-refractivity contribution in [1.29, 1.82) is 0 Å². The van der Waals surface area contributed by atoms with Crippen LogP contribution in [0.15, 0.2) is 17.1 Å². The molecule has 13 heavy (non-hydrogen) atoms. The third-order valence-corrected chi connectivity index (χ3v) is 2.79. The van der Waals surface area contributed by atoms with Crippen LogP contribution in [0.4, 0.5) is 0 Å². The molecule has 72 valence electrons. The van der Waals surface area contributed by atoms with Crippen molar-refractivity contribution < 1.29 is 4.74 Å². The molecule has 0 N–H and O–H groups in total. The smallest absolute Gasteiger partial charge is 0.190 e. The third kappa shape index (κ3) is 1.77. The summed E-state index contributed by atoms with van der Waals surface area (Å²) in [5.41, 5.74) is 0. The molecule has 2 heteroatoms. The molecule has 0 aromatic carbocycles.